The van der Waals surface area contributed by atoms with E-state index in [1.54, 1.807) is 7.11 Å². The molecule has 0 aromatic heterocycles. The van der Waals surface area contributed by atoms with Crippen molar-refractivity contribution in [1.82, 2.24) is 0 Å². The van der Waals surface area contributed by atoms with E-state index in [0.29, 0.717) is 5.25 Å². The minimum absolute atomic E-state index is 0.512. The lowest BCUT2D eigenvalue weighted by Gasteiger charge is -2.12. The Balaban J connectivity index is 2.77. The second kappa shape index (κ2) is 5.76. The van der Waals surface area contributed by atoms with Gasteiger partial charge < -0.3 is 4.74 Å². The summed E-state index contributed by atoms with van der Waals surface area (Å²) < 4.78 is 5.12. The molecule has 0 saturated carbocycles. The molecule has 1 aromatic rings. The molecular weight excluding hydrogens is 192 g/mol. The van der Waals surface area contributed by atoms with E-state index in [9.17, 15) is 0 Å². The van der Waals surface area contributed by atoms with Crippen LogP contribution in [-0.4, -0.2) is 13.4 Å². The third-order valence-electron chi connectivity index (χ3n) is 2.15. The van der Waals surface area contributed by atoms with Crippen molar-refractivity contribution >= 4 is 11.8 Å². The Morgan fingerprint density at radius 2 is 2.07 bits per heavy atom. The highest BCUT2D eigenvalue weighted by atomic mass is 32.2. The monoisotopic (exact) mass is 208 g/mol. The van der Waals surface area contributed by atoms with Crippen LogP contribution in [0.25, 0.3) is 0 Å². The fourth-order valence-electron chi connectivity index (χ4n) is 1.34. The molecule has 0 aliphatic rings. The minimum Gasteiger partial charge on any atom is -0.497 e. The van der Waals surface area contributed by atoms with Crippen molar-refractivity contribution in [3.05, 3.63) is 42.5 Å². The van der Waals surface area contributed by atoms with Crippen molar-refractivity contribution in [3.63, 3.8) is 0 Å². The second-order valence-corrected chi connectivity index (χ2v) is 4.06. The van der Waals surface area contributed by atoms with Gasteiger partial charge in [-0.3, -0.25) is 0 Å². The lowest BCUT2D eigenvalue weighted by atomic mass is 10.1. The molecule has 0 spiro atoms. The van der Waals surface area contributed by atoms with Crippen molar-refractivity contribution < 1.29 is 4.74 Å². The molecule has 0 radical (unpaired) electrons. The summed E-state index contributed by atoms with van der Waals surface area (Å²) in [4.78, 5) is 0. The quantitative estimate of drug-likeness (QED) is 0.683. The first-order valence-corrected chi connectivity index (χ1v) is 5.88. The van der Waals surface area contributed by atoms with Gasteiger partial charge in [-0.25, -0.2) is 0 Å². The Morgan fingerprint density at radius 3 is 2.50 bits per heavy atom. The third kappa shape index (κ3) is 2.81. The van der Waals surface area contributed by atoms with E-state index in [-0.39, 0.29) is 0 Å². The van der Waals surface area contributed by atoms with Gasteiger partial charge in [0.2, 0.25) is 0 Å². The van der Waals surface area contributed by atoms with Crippen LogP contribution < -0.4 is 4.74 Å². The van der Waals surface area contributed by atoms with Crippen LogP contribution in [0.4, 0.5) is 0 Å². The maximum Gasteiger partial charge on any atom is 0.118 e. The summed E-state index contributed by atoms with van der Waals surface area (Å²) in [6.45, 7) is 3.77. The van der Waals surface area contributed by atoms with Crippen LogP contribution in [-0.2, 0) is 0 Å². The number of ether oxygens (including phenoxy) is 1. The molecule has 76 valence electrons. The Kier molecular flexibility index (Phi) is 4.60. The van der Waals surface area contributed by atoms with Gasteiger partial charge >= 0.3 is 0 Å². The van der Waals surface area contributed by atoms with Crippen LogP contribution in [0.15, 0.2) is 36.9 Å². The van der Waals surface area contributed by atoms with Gasteiger partial charge in [-0.15, -0.1) is 6.58 Å². The molecule has 1 rings (SSSR count). The zero-order valence-electron chi connectivity index (χ0n) is 8.69. The highest BCUT2D eigenvalue weighted by Gasteiger charge is 2.07. The summed E-state index contributed by atoms with van der Waals surface area (Å²) in [7, 11) is 1.69. The number of hydrogen-bond acceptors (Lipinski definition) is 2. The molecule has 0 N–H and O–H groups in total. The fourth-order valence-corrected chi connectivity index (χ4v) is 2.10. The van der Waals surface area contributed by atoms with E-state index in [1.165, 1.54) is 5.56 Å². The highest BCUT2D eigenvalue weighted by Crippen LogP contribution is 2.31. The molecule has 1 aromatic carbocycles. The average molecular weight is 208 g/mol. The molecule has 0 bridgehead atoms. The highest BCUT2D eigenvalue weighted by molar-refractivity contribution is 7.98. The van der Waals surface area contributed by atoms with Crippen LogP contribution in [0.3, 0.4) is 0 Å². The average Bonchev–Trinajstić information content (AvgIpc) is 2.26. The SMILES string of the molecule is C=CCC(SC)c1ccc(OC)cc1. The van der Waals surface area contributed by atoms with Crippen molar-refractivity contribution in [2.24, 2.45) is 0 Å². The molecular formula is C12H16OS. The second-order valence-electron chi connectivity index (χ2n) is 3.02. The first-order valence-electron chi connectivity index (χ1n) is 4.59. The Hall–Kier alpha value is -0.890. The summed E-state index contributed by atoms with van der Waals surface area (Å²) in [5.41, 5.74) is 1.33. The molecule has 0 aliphatic carbocycles. The molecule has 1 unspecified atom stereocenters. The Labute approximate surface area is 90.2 Å². The van der Waals surface area contributed by atoms with Crippen LogP contribution in [0, 0.1) is 0 Å². The number of methoxy groups -OCH3 is 1. The number of hydrogen-bond donors (Lipinski definition) is 0. The van der Waals surface area contributed by atoms with Crippen LogP contribution in [0.2, 0.25) is 0 Å². The van der Waals surface area contributed by atoms with Crippen LogP contribution in [0.5, 0.6) is 5.75 Å². The topological polar surface area (TPSA) is 9.23 Å². The first kappa shape index (κ1) is 11.2. The first-order chi connectivity index (χ1) is 6.81. The molecule has 0 fully saturated rings. The van der Waals surface area contributed by atoms with Crippen molar-refractivity contribution in [2.75, 3.05) is 13.4 Å². The van der Waals surface area contributed by atoms with E-state index >= 15 is 0 Å². The molecule has 0 amide bonds. The maximum atomic E-state index is 5.12. The lowest BCUT2D eigenvalue weighted by Crippen LogP contribution is -1.92. The summed E-state index contributed by atoms with van der Waals surface area (Å²) in [5, 5.41) is 0.512. The summed E-state index contributed by atoms with van der Waals surface area (Å²) in [5.74, 6) is 0.909. The predicted molar refractivity (Wildman–Crippen MR) is 64.1 cm³/mol. The predicted octanol–water partition coefficient (Wildman–Crippen LogP) is 3.68. The normalized spacial score (nSPS) is 12.1. The van der Waals surface area contributed by atoms with Gasteiger partial charge in [-0.2, -0.15) is 11.8 Å². The number of allylic oxidation sites excluding steroid dienone is 1. The molecule has 1 atom stereocenters. The smallest absolute Gasteiger partial charge is 0.118 e. The number of benzene rings is 1. The molecule has 0 saturated heterocycles. The standard InChI is InChI=1S/C12H16OS/c1-4-5-12(14-3)10-6-8-11(13-2)9-7-10/h4,6-9,12H,1,5H2,2-3H3. The van der Waals surface area contributed by atoms with E-state index in [0.717, 1.165) is 12.2 Å². The van der Waals surface area contributed by atoms with Crippen molar-refractivity contribution in [2.45, 2.75) is 11.7 Å². The molecule has 14 heavy (non-hydrogen) atoms. The maximum absolute atomic E-state index is 5.12. The van der Waals surface area contributed by atoms with Gasteiger partial charge in [0.25, 0.3) is 0 Å². The van der Waals surface area contributed by atoms with Gasteiger partial charge in [0.05, 0.1) is 7.11 Å². The third-order valence-corrected chi connectivity index (χ3v) is 3.19. The summed E-state index contributed by atoms with van der Waals surface area (Å²) >= 11 is 1.85. The minimum atomic E-state index is 0.512. The zero-order chi connectivity index (χ0) is 10.4. The van der Waals surface area contributed by atoms with Gasteiger partial charge in [0.15, 0.2) is 0 Å². The van der Waals surface area contributed by atoms with E-state index in [1.807, 2.05) is 30.0 Å². The van der Waals surface area contributed by atoms with Crippen molar-refractivity contribution in [3.8, 4) is 5.75 Å². The zero-order valence-corrected chi connectivity index (χ0v) is 9.51. The number of thioether (sulfide) groups is 1. The van der Waals surface area contributed by atoms with E-state index in [2.05, 4.69) is 25.0 Å². The van der Waals surface area contributed by atoms with Gasteiger partial charge in [-0.05, 0) is 30.4 Å². The largest absolute Gasteiger partial charge is 0.497 e. The molecule has 0 heterocycles. The molecule has 1 nitrogen and oxygen atoms in total. The van der Waals surface area contributed by atoms with E-state index < -0.39 is 0 Å². The van der Waals surface area contributed by atoms with Gasteiger partial charge in [0, 0.05) is 5.25 Å². The van der Waals surface area contributed by atoms with Gasteiger partial charge in [-0.1, -0.05) is 18.2 Å². The van der Waals surface area contributed by atoms with Gasteiger partial charge in [0.1, 0.15) is 5.75 Å². The summed E-state index contributed by atoms with van der Waals surface area (Å²) in [6.07, 6.45) is 5.09. The number of rotatable bonds is 5. The fraction of sp³-hybridized carbons (Fsp3) is 0.333. The molecule has 0 aliphatic heterocycles. The summed E-state index contributed by atoms with van der Waals surface area (Å²) in [6, 6.07) is 8.23. The Bertz CT molecular complexity index is 279. The van der Waals surface area contributed by atoms with Crippen molar-refractivity contribution in [1.29, 1.82) is 0 Å². The molecule has 2 heteroatoms. The van der Waals surface area contributed by atoms with Crippen LogP contribution >= 0.6 is 11.8 Å². The Morgan fingerprint density at radius 1 is 1.43 bits per heavy atom. The van der Waals surface area contributed by atoms with Crippen LogP contribution in [0.1, 0.15) is 17.2 Å². The van der Waals surface area contributed by atoms with E-state index in [4.69, 9.17) is 4.74 Å². The lowest BCUT2D eigenvalue weighted by molar-refractivity contribution is 0.414.